The van der Waals surface area contributed by atoms with Crippen LogP contribution in [-0.2, 0) is 11.3 Å². The molecular formula is C23H20N4O2. The number of aromatic nitrogens is 3. The van der Waals surface area contributed by atoms with E-state index < -0.39 is 0 Å². The first-order chi connectivity index (χ1) is 14.3. The van der Waals surface area contributed by atoms with Crippen molar-refractivity contribution in [3.8, 4) is 11.5 Å². The summed E-state index contributed by atoms with van der Waals surface area (Å²) >= 11 is 0. The fourth-order valence-electron chi connectivity index (χ4n) is 3.16. The van der Waals surface area contributed by atoms with E-state index in [-0.39, 0.29) is 18.4 Å². The topological polar surface area (TPSA) is 80.9 Å². The number of carbonyl (C=O) groups is 1. The molecule has 6 nitrogen and oxygen atoms in total. The molecule has 0 saturated heterocycles. The normalized spacial score (nSPS) is 10.8. The number of nitrogens with one attached hydrogen (secondary N) is 1. The van der Waals surface area contributed by atoms with Crippen molar-refractivity contribution < 1.29 is 9.21 Å². The van der Waals surface area contributed by atoms with Crippen LogP contribution >= 0.6 is 0 Å². The highest BCUT2D eigenvalue weighted by Gasteiger charge is 2.18. The Bertz CT molecular complexity index is 1010. The molecule has 0 bridgehead atoms. The van der Waals surface area contributed by atoms with Crippen LogP contribution in [0.1, 0.15) is 29.4 Å². The molecule has 0 aliphatic carbocycles. The van der Waals surface area contributed by atoms with Crippen molar-refractivity contribution >= 4 is 5.91 Å². The second-order valence-corrected chi connectivity index (χ2v) is 6.60. The van der Waals surface area contributed by atoms with Crippen LogP contribution < -0.4 is 5.32 Å². The van der Waals surface area contributed by atoms with E-state index in [1.165, 1.54) is 0 Å². The Balaban J connectivity index is 1.42. The highest BCUT2D eigenvalue weighted by Crippen LogP contribution is 2.27. The van der Waals surface area contributed by atoms with Crippen LogP contribution in [0, 0.1) is 0 Å². The first-order valence-corrected chi connectivity index (χ1v) is 9.39. The summed E-state index contributed by atoms with van der Waals surface area (Å²) in [5.41, 5.74) is 2.95. The lowest BCUT2D eigenvalue weighted by molar-refractivity contribution is -0.121. The standard InChI is InChI=1S/C23H20N4O2/c28-21(25-16-22-26-27-23(29-22)19-12-7-13-24-15-19)14-20(17-8-3-1-4-9-17)18-10-5-2-6-11-18/h1-13,15,20H,14,16H2,(H,25,28). The highest BCUT2D eigenvalue weighted by atomic mass is 16.4. The molecule has 0 radical (unpaired) electrons. The number of amides is 1. The van der Waals surface area contributed by atoms with E-state index >= 15 is 0 Å². The van der Waals surface area contributed by atoms with Crippen molar-refractivity contribution in [1.82, 2.24) is 20.5 Å². The summed E-state index contributed by atoms with van der Waals surface area (Å²) in [7, 11) is 0. The Kier molecular flexibility index (Phi) is 5.71. The number of nitrogens with zero attached hydrogens (tertiary/aromatic N) is 3. The van der Waals surface area contributed by atoms with Crippen molar-refractivity contribution in [2.24, 2.45) is 0 Å². The van der Waals surface area contributed by atoms with E-state index in [1.54, 1.807) is 18.5 Å². The summed E-state index contributed by atoms with van der Waals surface area (Å²) < 4.78 is 5.62. The molecule has 1 amide bonds. The minimum atomic E-state index is -0.0798. The summed E-state index contributed by atoms with van der Waals surface area (Å²) in [6, 6.07) is 23.7. The van der Waals surface area contributed by atoms with Gasteiger partial charge in [-0.2, -0.15) is 0 Å². The molecule has 29 heavy (non-hydrogen) atoms. The maximum atomic E-state index is 12.6. The van der Waals surface area contributed by atoms with Gasteiger partial charge < -0.3 is 9.73 Å². The van der Waals surface area contributed by atoms with Crippen molar-refractivity contribution in [2.75, 3.05) is 0 Å². The molecule has 0 spiro atoms. The Morgan fingerprint density at radius 2 is 1.59 bits per heavy atom. The Morgan fingerprint density at radius 1 is 0.897 bits per heavy atom. The lowest BCUT2D eigenvalue weighted by Crippen LogP contribution is -2.25. The smallest absolute Gasteiger partial charge is 0.249 e. The van der Waals surface area contributed by atoms with E-state index in [1.807, 2.05) is 66.7 Å². The van der Waals surface area contributed by atoms with Gasteiger partial charge in [-0.15, -0.1) is 10.2 Å². The fraction of sp³-hybridized carbons (Fsp3) is 0.130. The zero-order valence-electron chi connectivity index (χ0n) is 15.7. The largest absolute Gasteiger partial charge is 0.419 e. The molecule has 4 rings (SSSR count). The Morgan fingerprint density at radius 3 is 2.21 bits per heavy atom. The zero-order chi connectivity index (χ0) is 19.9. The molecular weight excluding hydrogens is 364 g/mol. The molecule has 144 valence electrons. The summed E-state index contributed by atoms with van der Waals surface area (Å²) in [6.07, 6.45) is 3.66. The Labute approximate surface area is 168 Å². The van der Waals surface area contributed by atoms with Crippen molar-refractivity contribution in [3.63, 3.8) is 0 Å². The summed E-state index contributed by atoms with van der Waals surface area (Å²) in [4.78, 5) is 16.7. The number of benzene rings is 2. The second kappa shape index (κ2) is 8.93. The van der Waals surface area contributed by atoms with Crippen molar-refractivity contribution in [2.45, 2.75) is 18.9 Å². The van der Waals surface area contributed by atoms with Crippen LogP contribution in [0.15, 0.2) is 89.6 Å². The van der Waals surface area contributed by atoms with E-state index in [0.717, 1.165) is 16.7 Å². The lowest BCUT2D eigenvalue weighted by atomic mass is 9.88. The summed E-state index contributed by atoms with van der Waals surface area (Å²) in [6.45, 7) is 0.183. The molecule has 0 unspecified atom stereocenters. The lowest BCUT2D eigenvalue weighted by Gasteiger charge is -2.17. The van der Waals surface area contributed by atoms with Crippen LogP contribution in [0.5, 0.6) is 0 Å². The zero-order valence-corrected chi connectivity index (χ0v) is 15.7. The molecule has 2 heterocycles. The number of hydrogen-bond acceptors (Lipinski definition) is 5. The molecule has 2 aromatic heterocycles. The number of rotatable bonds is 7. The third kappa shape index (κ3) is 4.73. The van der Waals surface area contributed by atoms with Gasteiger partial charge in [-0.3, -0.25) is 9.78 Å². The van der Waals surface area contributed by atoms with Crippen molar-refractivity contribution in [3.05, 3.63) is 102 Å². The van der Waals surface area contributed by atoms with Crippen molar-refractivity contribution in [1.29, 1.82) is 0 Å². The van der Waals surface area contributed by atoms with E-state index in [2.05, 4.69) is 20.5 Å². The van der Waals surface area contributed by atoms with Crippen LogP contribution in [-0.4, -0.2) is 21.1 Å². The molecule has 0 atom stereocenters. The summed E-state index contributed by atoms with van der Waals surface area (Å²) in [5.74, 6) is 0.636. The van der Waals surface area contributed by atoms with E-state index in [4.69, 9.17) is 4.42 Å². The third-order valence-electron chi connectivity index (χ3n) is 4.61. The van der Waals surface area contributed by atoms with Gasteiger partial charge in [0.1, 0.15) is 0 Å². The average molecular weight is 384 g/mol. The van der Waals surface area contributed by atoms with Gasteiger partial charge in [-0.1, -0.05) is 60.7 Å². The van der Waals surface area contributed by atoms with Gasteiger partial charge in [0.2, 0.25) is 17.7 Å². The second-order valence-electron chi connectivity index (χ2n) is 6.60. The van der Waals surface area contributed by atoms with Gasteiger partial charge in [0.05, 0.1) is 12.1 Å². The Hall–Kier alpha value is -3.80. The van der Waals surface area contributed by atoms with E-state index in [0.29, 0.717) is 18.2 Å². The number of pyridine rings is 1. The predicted octanol–water partition coefficient (Wildman–Crippen LogP) is 3.97. The van der Waals surface area contributed by atoms with Crippen LogP contribution in [0.2, 0.25) is 0 Å². The van der Waals surface area contributed by atoms with Crippen LogP contribution in [0.4, 0.5) is 0 Å². The first kappa shape index (κ1) is 18.6. The van der Waals surface area contributed by atoms with Gasteiger partial charge in [-0.05, 0) is 23.3 Å². The molecule has 4 aromatic rings. The number of carbonyl (C=O) groups excluding carboxylic acids is 1. The molecule has 0 fully saturated rings. The molecule has 2 aromatic carbocycles. The highest BCUT2D eigenvalue weighted by molar-refractivity contribution is 5.77. The maximum Gasteiger partial charge on any atom is 0.249 e. The third-order valence-corrected chi connectivity index (χ3v) is 4.61. The molecule has 0 saturated carbocycles. The van der Waals surface area contributed by atoms with Crippen LogP contribution in [0.25, 0.3) is 11.5 Å². The molecule has 0 aliphatic heterocycles. The number of hydrogen-bond donors (Lipinski definition) is 1. The fourth-order valence-corrected chi connectivity index (χ4v) is 3.16. The summed E-state index contributed by atoms with van der Waals surface area (Å²) in [5, 5.41) is 10.9. The first-order valence-electron chi connectivity index (χ1n) is 9.39. The minimum absolute atomic E-state index is 0.0222. The van der Waals surface area contributed by atoms with Crippen LogP contribution in [0.3, 0.4) is 0 Å². The van der Waals surface area contributed by atoms with Gasteiger partial charge in [0.25, 0.3) is 0 Å². The SMILES string of the molecule is O=C(CC(c1ccccc1)c1ccccc1)NCc1nnc(-c2cccnc2)o1. The van der Waals surface area contributed by atoms with Gasteiger partial charge in [0, 0.05) is 24.7 Å². The average Bonchev–Trinajstić information content (AvgIpc) is 3.27. The molecule has 0 aliphatic rings. The monoisotopic (exact) mass is 384 g/mol. The molecule has 6 heteroatoms. The molecule has 1 N–H and O–H groups in total. The van der Waals surface area contributed by atoms with Gasteiger partial charge >= 0.3 is 0 Å². The predicted molar refractivity (Wildman–Crippen MR) is 109 cm³/mol. The minimum Gasteiger partial charge on any atom is -0.419 e. The maximum absolute atomic E-state index is 12.6. The van der Waals surface area contributed by atoms with E-state index in [9.17, 15) is 4.79 Å². The van der Waals surface area contributed by atoms with Gasteiger partial charge in [0.15, 0.2) is 0 Å². The van der Waals surface area contributed by atoms with Gasteiger partial charge in [-0.25, -0.2) is 0 Å². The quantitative estimate of drug-likeness (QED) is 0.521.